The minimum atomic E-state index is -0.151. The van der Waals surface area contributed by atoms with E-state index in [0.29, 0.717) is 5.75 Å². The van der Waals surface area contributed by atoms with Gasteiger partial charge in [-0.3, -0.25) is 4.79 Å². The molecule has 2 aromatic rings. The number of hydrogen-bond acceptors (Lipinski definition) is 3. The summed E-state index contributed by atoms with van der Waals surface area (Å²) >= 11 is 2.22. The molecule has 0 aliphatic heterocycles. The van der Waals surface area contributed by atoms with Gasteiger partial charge in [-0.2, -0.15) is 0 Å². The van der Waals surface area contributed by atoms with Gasteiger partial charge in [-0.05, 0) is 71.5 Å². The van der Waals surface area contributed by atoms with Gasteiger partial charge in [0.15, 0.2) is 6.61 Å². The highest BCUT2D eigenvalue weighted by atomic mass is 127. The van der Waals surface area contributed by atoms with Crippen LogP contribution in [0.2, 0.25) is 0 Å². The lowest BCUT2D eigenvalue weighted by Crippen LogP contribution is -2.31. The summed E-state index contributed by atoms with van der Waals surface area (Å²) in [6, 6.07) is 15.1. The maximum atomic E-state index is 11.9. The molecule has 0 radical (unpaired) electrons. The highest BCUT2D eigenvalue weighted by Crippen LogP contribution is 2.17. The van der Waals surface area contributed by atoms with Crippen molar-refractivity contribution < 1.29 is 14.3 Å². The second-order valence-electron chi connectivity index (χ2n) is 4.80. The first kappa shape index (κ1) is 16.6. The minimum Gasteiger partial charge on any atom is -0.497 e. The molecule has 1 atom stereocenters. The van der Waals surface area contributed by atoms with E-state index < -0.39 is 0 Å². The highest BCUT2D eigenvalue weighted by molar-refractivity contribution is 14.1. The second-order valence-corrected chi connectivity index (χ2v) is 6.05. The average Bonchev–Trinajstić information content (AvgIpc) is 2.54. The van der Waals surface area contributed by atoms with E-state index in [2.05, 4.69) is 27.9 Å². The average molecular weight is 411 g/mol. The van der Waals surface area contributed by atoms with Crippen LogP contribution < -0.4 is 14.8 Å². The molecular weight excluding hydrogens is 393 g/mol. The number of benzene rings is 2. The van der Waals surface area contributed by atoms with E-state index in [-0.39, 0.29) is 18.6 Å². The van der Waals surface area contributed by atoms with Crippen LogP contribution in [0, 0.1) is 3.57 Å². The van der Waals surface area contributed by atoms with Crippen molar-refractivity contribution in [2.45, 2.75) is 13.0 Å². The van der Waals surface area contributed by atoms with Gasteiger partial charge in [0.25, 0.3) is 5.91 Å². The van der Waals surface area contributed by atoms with Crippen LogP contribution in [0.3, 0.4) is 0 Å². The zero-order valence-electron chi connectivity index (χ0n) is 12.5. The molecule has 4 nitrogen and oxygen atoms in total. The Morgan fingerprint density at radius 3 is 2.27 bits per heavy atom. The molecule has 2 rings (SSSR count). The third kappa shape index (κ3) is 4.91. The molecule has 0 saturated heterocycles. The molecule has 2 aromatic carbocycles. The fraction of sp³-hybridized carbons (Fsp3) is 0.235. The SMILES string of the molecule is COc1ccc([C@H](C)NC(=O)COc2ccc(I)cc2)cc1. The molecule has 0 aliphatic rings. The monoisotopic (exact) mass is 411 g/mol. The van der Waals surface area contributed by atoms with Gasteiger partial charge in [-0.25, -0.2) is 0 Å². The van der Waals surface area contributed by atoms with E-state index >= 15 is 0 Å². The Hall–Kier alpha value is -1.76. The van der Waals surface area contributed by atoms with Crippen LogP contribution >= 0.6 is 22.6 Å². The molecule has 0 unspecified atom stereocenters. The molecule has 0 aliphatic carbocycles. The molecule has 1 N–H and O–H groups in total. The fourth-order valence-corrected chi connectivity index (χ4v) is 2.30. The summed E-state index contributed by atoms with van der Waals surface area (Å²) in [5.41, 5.74) is 1.02. The molecule has 0 saturated carbocycles. The molecule has 0 bridgehead atoms. The molecule has 0 spiro atoms. The third-order valence-corrected chi connectivity index (χ3v) is 3.90. The molecule has 1 amide bonds. The molecule has 0 aromatic heterocycles. The summed E-state index contributed by atoms with van der Waals surface area (Å²) in [7, 11) is 1.63. The number of nitrogens with one attached hydrogen (secondary N) is 1. The van der Waals surface area contributed by atoms with Gasteiger partial charge in [-0.15, -0.1) is 0 Å². The van der Waals surface area contributed by atoms with Gasteiger partial charge in [0.1, 0.15) is 11.5 Å². The van der Waals surface area contributed by atoms with E-state index in [1.807, 2.05) is 55.5 Å². The van der Waals surface area contributed by atoms with Crippen molar-refractivity contribution in [3.05, 3.63) is 57.7 Å². The summed E-state index contributed by atoms with van der Waals surface area (Å²) in [5, 5.41) is 2.91. The topological polar surface area (TPSA) is 47.6 Å². The van der Waals surface area contributed by atoms with Crippen molar-refractivity contribution in [1.82, 2.24) is 5.32 Å². The van der Waals surface area contributed by atoms with Crippen LogP contribution in [0.15, 0.2) is 48.5 Å². The molecule has 0 fully saturated rings. The zero-order valence-corrected chi connectivity index (χ0v) is 14.7. The Morgan fingerprint density at radius 2 is 1.68 bits per heavy atom. The molecule has 22 heavy (non-hydrogen) atoms. The number of amides is 1. The van der Waals surface area contributed by atoms with Crippen LogP contribution in [0.1, 0.15) is 18.5 Å². The number of carbonyl (C=O) groups is 1. The number of ether oxygens (including phenoxy) is 2. The minimum absolute atomic E-state index is 0.00108. The van der Waals surface area contributed by atoms with Gasteiger partial charge in [0, 0.05) is 3.57 Å². The van der Waals surface area contributed by atoms with Crippen molar-refractivity contribution in [2.75, 3.05) is 13.7 Å². The van der Waals surface area contributed by atoms with Gasteiger partial charge < -0.3 is 14.8 Å². The van der Waals surface area contributed by atoms with Crippen molar-refractivity contribution in [1.29, 1.82) is 0 Å². The lowest BCUT2D eigenvalue weighted by Gasteiger charge is -2.15. The Labute approximate surface area is 144 Å². The largest absolute Gasteiger partial charge is 0.497 e. The van der Waals surface area contributed by atoms with Crippen LogP contribution in [0.25, 0.3) is 0 Å². The van der Waals surface area contributed by atoms with Crippen molar-refractivity contribution in [3.8, 4) is 11.5 Å². The Balaban J connectivity index is 1.83. The number of rotatable bonds is 6. The number of carbonyl (C=O) groups excluding carboxylic acids is 1. The van der Waals surface area contributed by atoms with Gasteiger partial charge in [0.05, 0.1) is 13.2 Å². The quantitative estimate of drug-likeness (QED) is 0.740. The van der Waals surface area contributed by atoms with Crippen LogP contribution in [-0.2, 0) is 4.79 Å². The zero-order chi connectivity index (χ0) is 15.9. The number of halogens is 1. The molecule has 5 heteroatoms. The van der Waals surface area contributed by atoms with Gasteiger partial charge >= 0.3 is 0 Å². The molecular formula is C17H18INO3. The van der Waals surface area contributed by atoms with Crippen molar-refractivity contribution in [2.24, 2.45) is 0 Å². The fourth-order valence-electron chi connectivity index (χ4n) is 1.94. The van der Waals surface area contributed by atoms with Crippen LogP contribution in [-0.4, -0.2) is 19.6 Å². The van der Waals surface area contributed by atoms with E-state index in [1.54, 1.807) is 7.11 Å². The summed E-state index contributed by atoms with van der Waals surface area (Å²) < 4.78 is 11.7. The van der Waals surface area contributed by atoms with Gasteiger partial charge in [-0.1, -0.05) is 12.1 Å². The lowest BCUT2D eigenvalue weighted by molar-refractivity contribution is -0.123. The van der Waals surface area contributed by atoms with E-state index in [0.717, 1.165) is 14.9 Å². The van der Waals surface area contributed by atoms with E-state index in [4.69, 9.17) is 9.47 Å². The molecule has 116 valence electrons. The van der Waals surface area contributed by atoms with Crippen LogP contribution in [0.4, 0.5) is 0 Å². The summed E-state index contributed by atoms with van der Waals surface area (Å²) in [6.07, 6.45) is 0. The third-order valence-electron chi connectivity index (χ3n) is 3.18. The van der Waals surface area contributed by atoms with Gasteiger partial charge in [0.2, 0.25) is 0 Å². The van der Waals surface area contributed by atoms with E-state index in [1.165, 1.54) is 0 Å². The normalized spacial score (nSPS) is 11.6. The Kier molecular flexibility index (Phi) is 6.06. The first-order chi connectivity index (χ1) is 10.6. The first-order valence-electron chi connectivity index (χ1n) is 6.90. The van der Waals surface area contributed by atoms with E-state index in [9.17, 15) is 4.79 Å². The summed E-state index contributed by atoms with van der Waals surface area (Å²) in [5.74, 6) is 1.33. The lowest BCUT2D eigenvalue weighted by atomic mass is 10.1. The predicted octanol–water partition coefficient (Wildman–Crippen LogP) is 3.56. The summed E-state index contributed by atoms with van der Waals surface area (Å²) in [4.78, 5) is 11.9. The van der Waals surface area contributed by atoms with Crippen molar-refractivity contribution >= 4 is 28.5 Å². The Bertz CT molecular complexity index is 611. The maximum absolute atomic E-state index is 11.9. The Morgan fingerprint density at radius 1 is 1.09 bits per heavy atom. The number of methoxy groups -OCH3 is 1. The van der Waals surface area contributed by atoms with Crippen molar-refractivity contribution in [3.63, 3.8) is 0 Å². The van der Waals surface area contributed by atoms with Crippen LogP contribution in [0.5, 0.6) is 11.5 Å². The second kappa shape index (κ2) is 8.03. The maximum Gasteiger partial charge on any atom is 0.258 e. The molecule has 0 heterocycles. The smallest absolute Gasteiger partial charge is 0.258 e. The predicted molar refractivity (Wildman–Crippen MR) is 94.2 cm³/mol. The standard InChI is InChI=1S/C17H18INO3/c1-12(13-3-7-15(21-2)8-4-13)19-17(20)11-22-16-9-5-14(18)6-10-16/h3-10,12H,11H2,1-2H3,(H,19,20)/t12-/m0/s1. The highest BCUT2D eigenvalue weighted by Gasteiger charge is 2.10. The number of hydrogen-bond donors (Lipinski definition) is 1. The first-order valence-corrected chi connectivity index (χ1v) is 7.98. The summed E-state index contributed by atoms with van der Waals surface area (Å²) in [6.45, 7) is 1.94.